The number of rotatable bonds is 2. The van der Waals surface area contributed by atoms with Crippen LogP contribution in [-0.2, 0) is 221 Å². The second-order valence-electron chi connectivity index (χ2n) is 15.4. The van der Waals surface area contributed by atoms with Crippen LogP contribution in [0.4, 0.5) is 0 Å². The molecule has 0 saturated heterocycles. The van der Waals surface area contributed by atoms with Gasteiger partial charge in [-0.1, -0.05) is 25.5 Å². The third-order valence-corrected chi connectivity index (χ3v) is 44.9. The number of aliphatic hydroxyl groups is 2. The maximum Gasteiger partial charge on any atom is 0.343 e. The molecule has 0 amide bonds. The molecule has 380 valence electrons. The minimum absolute atomic E-state index is 0.110. The van der Waals surface area contributed by atoms with E-state index in [9.17, 15) is 34.5 Å². The minimum atomic E-state index is -1.83. The van der Waals surface area contributed by atoms with Crippen molar-refractivity contribution in [1.29, 1.82) is 0 Å². The van der Waals surface area contributed by atoms with Gasteiger partial charge in [-0.2, -0.15) is 0 Å². The number of aromatic nitrogens is 4. The van der Waals surface area contributed by atoms with E-state index < -0.39 is 23.1 Å². The molecule has 10 rings (SSSR count). The smallest absolute Gasteiger partial charge is 0.343 e. The zero-order valence-electron chi connectivity index (χ0n) is 36.9. The zero-order valence-corrected chi connectivity index (χ0v) is 51.6. The Bertz CT molecular complexity index is 3970. The quantitative estimate of drug-likeness (QED) is 0.211. The van der Waals surface area contributed by atoms with Crippen molar-refractivity contribution in [2.24, 2.45) is 0 Å². The van der Waals surface area contributed by atoms with Gasteiger partial charge in [0.2, 0.25) is 0 Å². The number of fused-ring (bicyclic) bond motifs is 10. The van der Waals surface area contributed by atoms with E-state index in [-0.39, 0.29) is 42.9 Å². The lowest BCUT2D eigenvalue weighted by molar-refractivity contribution is -0.172. The number of carbonyl (C=O) groups excluding carboxylic acids is 2. The van der Waals surface area contributed by atoms with Gasteiger partial charge in [0.05, 0.1) is 58.0 Å². The summed E-state index contributed by atoms with van der Waals surface area (Å²) in [6.45, 7) is 5.91. The molecule has 2 aromatic carbocycles. The molecule has 8 heterocycles. The third kappa shape index (κ3) is 12.0. The second-order valence-corrected chi connectivity index (χ2v) is 43.7. The highest BCUT2D eigenvalue weighted by molar-refractivity contribution is 8.77. The fourth-order valence-corrected chi connectivity index (χ4v) is 46.7. The molecule has 13 nitrogen and oxygen atoms in total. The Morgan fingerprint density at radius 2 is 0.958 bits per heavy atom. The molecule has 72 heavy (non-hydrogen) atoms. The molecule has 4 aliphatic rings. The van der Waals surface area contributed by atoms with Gasteiger partial charge in [-0.15, -0.1) is 0 Å². The number of esters is 2. The molecule has 0 unspecified atom stereocenters. The van der Waals surface area contributed by atoms with E-state index in [2.05, 4.69) is 17.1 Å². The number of nitrogens with zero attached hydrogens (tertiary/aromatic N) is 4. The molecule has 0 bridgehead atoms. The van der Waals surface area contributed by atoms with Crippen LogP contribution >= 0.6 is 0 Å². The van der Waals surface area contributed by atoms with Crippen LogP contribution in [-0.4, -0.2) is 46.4 Å². The summed E-state index contributed by atoms with van der Waals surface area (Å²) < 4.78 is 13.4. The highest BCUT2D eigenvalue weighted by atomic mass is 33.5. The normalized spacial score (nSPS) is 17.0. The molecule has 2 atom stereocenters. The summed E-state index contributed by atoms with van der Waals surface area (Å²) in [6.07, 6.45) is 0.248. The van der Waals surface area contributed by atoms with Crippen molar-refractivity contribution in [1.82, 2.24) is 19.1 Å². The van der Waals surface area contributed by atoms with Crippen molar-refractivity contribution in [2.45, 2.75) is 71.1 Å². The third-order valence-electron chi connectivity index (χ3n) is 11.6. The summed E-state index contributed by atoms with van der Waals surface area (Å²) in [5, 5.41) is 33.2. The summed E-state index contributed by atoms with van der Waals surface area (Å²) in [4.78, 5) is 59.8. The number of phenols is 1. The van der Waals surface area contributed by atoms with E-state index in [1.165, 1.54) is 17.8 Å². The van der Waals surface area contributed by atoms with Crippen LogP contribution < -0.4 is 11.1 Å². The van der Waals surface area contributed by atoms with Gasteiger partial charge >= 0.3 is 11.9 Å². The first kappa shape index (κ1) is 56.0. The van der Waals surface area contributed by atoms with E-state index in [4.69, 9.17) is 36.8 Å². The maximum absolute atomic E-state index is 13.1. The molecule has 0 spiro atoms. The number of carbonyl (C=O) groups is 2. The molecule has 0 saturated carbocycles. The summed E-state index contributed by atoms with van der Waals surface area (Å²) in [7, 11) is 27.2. The number of benzene rings is 2. The Morgan fingerprint density at radius 1 is 0.569 bits per heavy atom. The molecule has 0 radical (unpaired) electrons. The van der Waals surface area contributed by atoms with Gasteiger partial charge in [0.1, 0.15) is 19.0 Å². The number of ether oxygens (including phenoxy) is 2. The number of aryl methyl sites for hydroxylation is 1. The molecular weight excluding hydrogens is 1270 g/mol. The van der Waals surface area contributed by atoms with Crippen molar-refractivity contribution in [3.05, 3.63) is 120 Å². The van der Waals surface area contributed by atoms with Gasteiger partial charge in [-0.25, -0.2) is 19.6 Å². The molecule has 0 fully saturated rings. The number of hydrogen-bond donors (Lipinski definition) is 3. The van der Waals surface area contributed by atoms with E-state index in [1.807, 2.05) is 25.1 Å². The van der Waals surface area contributed by atoms with Crippen LogP contribution in [0, 0.1) is 6.92 Å². The van der Waals surface area contributed by atoms with E-state index in [0.717, 1.165) is 38.7 Å². The predicted molar refractivity (Wildman–Crippen MR) is 328 cm³/mol. The standard InChI is InChI=1S/C21H18N2O4.C20H16N2O5.S18/c1-3-21(26)15-8-17-18-13(7-12-6-11(2)4-5-16(12)22-18)9-23(17)19(24)14(15)10-27-20(21)25;1-2-20(26)14-7-16-17-11(5-10-6-12(23)3-4-15(10)21-17)8-22(16)18(24)13(14)9-27-19(20)25;1-3-5-7-9-11-13-15-17-18-16-14-12-10-8-6-4-2/h4-8,26H,3,9-10H2,1-2H3;3-7,23,26H,2,8-9H2,1H3;/t21-;20-;/m00./s1. The second kappa shape index (κ2) is 25.3. The lowest BCUT2D eigenvalue weighted by Crippen LogP contribution is -2.44. The Hall–Kier alpha value is -2.22. The molecule has 6 aromatic rings. The largest absolute Gasteiger partial charge is 0.508 e. The van der Waals surface area contributed by atoms with Gasteiger partial charge in [-0.3, -0.25) is 9.59 Å². The zero-order chi connectivity index (χ0) is 51.2. The van der Waals surface area contributed by atoms with E-state index in [0.29, 0.717) is 57.9 Å². The van der Waals surface area contributed by atoms with Gasteiger partial charge in [0.25, 0.3) is 11.1 Å². The van der Waals surface area contributed by atoms with Crippen molar-refractivity contribution in [3.8, 4) is 28.5 Å². The minimum Gasteiger partial charge on any atom is -0.508 e. The Morgan fingerprint density at radius 3 is 1.36 bits per heavy atom. The fourth-order valence-electron chi connectivity index (χ4n) is 8.24. The van der Waals surface area contributed by atoms with Crippen LogP contribution in [0.2, 0.25) is 0 Å². The van der Waals surface area contributed by atoms with Crippen molar-refractivity contribution >= 4 is 198 Å². The summed E-state index contributed by atoms with van der Waals surface area (Å²) >= 11 is 9.49. The van der Waals surface area contributed by atoms with Crippen molar-refractivity contribution < 1.29 is 34.4 Å². The molecule has 0 aliphatic carbocycles. The van der Waals surface area contributed by atoms with Gasteiger partial charge in [-0.05, 0) is 74.4 Å². The van der Waals surface area contributed by atoms with Crippen LogP contribution in [0.3, 0.4) is 0 Å². The lowest BCUT2D eigenvalue weighted by Gasteiger charge is -2.31. The van der Waals surface area contributed by atoms with Crippen LogP contribution in [0.1, 0.15) is 65.6 Å². The summed E-state index contributed by atoms with van der Waals surface area (Å²) in [5.74, 6) is -1.29. The van der Waals surface area contributed by atoms with Crippen LogP contribution in [0.5, 0.6) is 5.75 Å². The first-order valence-electron chi connectivity index (χ1n) is 20.5. The Kier molecular flexibility index (Phi) is 19.7. The molecular formula is C41H34N4O9S18. The number of aromatic hydroxyl groups is 1. The Balaban J connectivity index is 0.000000149. The number of pyridine rings is 4. The SMILES string of the molecule is CC[C@@]1(O)C(=O)OCc2c1cc1n(c2=O)Cc2cc3cc(C)ccc3nc2-1.CC[C@@]1(O)C(=O)OCc2c1cc1n(c2=O)Cc2cc3cc(O)ccc3nc2-1.S=S=S=S=S=S=S=S=S=S=S=S=S=S=S=S=S=S. The molecule has 4 aliphatic heterocycles. The molecule has 31 heteroatoms. The Labute approximate surface area is 465 Å². The maximum atomic E-state index is 13.1. The average Bonchev–Trinajstić information content (AvgIpc) is 3.93. The fraction of sp³-hybridized carbons (Fsp3) is 0.268. The first-order chi connectivity index (χ1) is 34.8. The van der Waals surface area contributed by atoms with Gasteiger partial charge in [0.15, 0.2) is 11.2 Å². The monoisotopic (exact) mass is 1300 g/mol. The van der Waals surface area contributed by atoms with Crippen molar-refractivity contribution in [2.75, 3.05) is 0 Å². The number of cyclic esters (lactones) is 2. The number of hydrogen-bond acceptors (Lipinski definition) is 13. The van der Waals surface area contributed by atoms with Crippen molar-refractivity contribution in [3.63, 3.8) is 0 Å². The first-order valence-corrected chi connectivity index (χ1v) is 43.2. The van der Waals surface area contributed by atoms with Gasteiger partial charge < -0.3 is 33.9 Å². The lowest BCUT2D eigenvalue weighted by atomic mass is 9.86. The number of phenolic OH excluding ortho intramolecular Hbond substituents is 1. The van der Waals surface area contributed by atoms with Gasteiger partial charge in [0, 0.05) is 197 Å². The molecule has 4 aromatic heterocycles. The van der Waals surface area contributed by atoms with E-state index in [1.54, 1.807) is 178 Å². The topological polar surface area (TPSA) is 183 Å². The molecule has 3 N–H and O–H groups in total. The summed E-state index contributed by atoms with van der Waals surface area (Å²) in [5.41, 5.74) is 4.23. The highest BCUT2D eigenvalue weighted by Gasteiger charge is 2.46. The predicted octanol–water partition coefficient (Wildman–Crippen LogP) is 4.13. The van der Waals surface area contributed by atoms with Crippen LogP contribution in [0.25, 0.3) is 44.6 Å². The average molecular weight is 1300 g/mol. The summed E-state index contributed by atoms with van der Waals surface area (Å²) in [6, 6.07) is 18.3. The van der Waals surface area contributed by atoms with Crippen LogP contribution in [0.15, 0.2) is 70.3 Å². The highest BCUT2D eigenvalue weighted by Crippen LogP contribution is 2.40. The van der Waals surface area contributed by atoms with E-state index >= 15 is 0 Å².